The van der Waals surface area contributed by atoms with Crippen LogP contribution in [0.5, 0.6) is 0 Å². The Hall–Kier alpha value is -0.410. The van der Waals surface area contributed by atoms with E-state index >= 15 is 0 Å². The number of ketones is 1. The SMILES string of the molecule is CCOC(C)OCC12CC3CC4C(=O)C(C1)C34C2. The van der Waals surface area contributed by atoms with Crippen molar-refractivity contribution < 1.29 is 14.3 Å². The summed E-state index contributed by atoms with van der Waals surface area (Å²) in [5, 5.41) is 0. The van der Waals surface area contributed by atoms with Gasteiger partial charge in [-0.05, 0) is 56.3 Å². The van der Waals surface area contributed by atoms with E-state index in [2.05, 4.69) is 0 Å². The van der Waals surface area contributed by atoms with Gasteiger partial charge in [0.15, 0.2) is 6.29 Å². The molecule has 4 saturated carbocycles. The third-order valence-corrected chi connectivity index (χ3v) is 6.29. The maximum atomic E-state index is 12.0. The fraction of sp³-hybridized carbons (Fsp3) is 0.933. The van der Waals surface area contributed by atoms with Gasteiger partial charge in [-0.25, -0.2) is 0 Å². The lowest BCUT2D eigenvalue weighted by Crippen LogP contribution is -2.66. The van der Waals surface area contributed by atoms with E-state index in [0.29, 0.717) is 35.1 Å². The van der Waals surface area contributed by atoms with Gasteiger partial charge < -0.3 is 9.47 Å². The van der Waals surface area contributed by atoms with Gasteiger partial charge in [-0.15, -0.1) is 0 Å². The fourth-order valence-electron chi connectivity index (χ4n) is 5.70. The summed E-state index contributed by atoms with van der Waals surface area (Å²) in [6, 6.07) is 0. The second-order valence-corrected chi connectivity index (χ2v) is 6.97. The van der Waals surface area contributed by atoms with Crippen LogP contribution in [0.3, 0.4) is 0 Å². The van der Waals surface area contributed by atoms with Gasteiger partial charge in [0.2, 0.25) is 0 Å². The Bertz CT molecular complexity index is 407. The van der Waals surface area contributed by atoms with Crippen LogP contribution in [0.15, 0.2) is 0 Å². The number of Topliss-reactive ketones (excluding diaryl/α,β-unsaturated/α-hetero) is 1. The lowest BCUT2D eigenvalue weighted by Gasteiger charge is -2.64. The quantitative estimate of drug-likeness (QED) is 0.703. The Morgan fingerprint density at radius 3 is 2.89 bits per heavy atom. The Labute approximate surface area is 108 Å². The van der Waals surface area contributed by atoms with E-state index in [-0.39, 0.29) is 6.29 Å². The average molecular weight is 250 g/mol. The van der Waals surface area contributed by atoms with Crippen LogP contribution in [-0.2, 0) is 14.3 Å². The first-order chi connectivity index (χ1) is 8.61. The molecule has 2 bridgehead atoms. The van der Waals surface area contributed by atoms with Crippen LogP contribution < -0.4 is 0 Å². The monoisotopic (exact) mass is 250 g/mol. The van der Waals surface area contributed by atoms with Crippen molar-refractivity contribution in [1.82, 2.24) is 0 Å². The first-order valence-electron chi connectivity index (χ1n) is 7.38. The second-order valence-electron chi connectivity index (χ2n) is 6.97. The molecule has 18 heavy (non-hydrogen) atoms. The predicted molar refractivity (Wildman–Crippen MR) is 65.9 cm³/mol. The summed E-state index contributed by atoms with van der Waals surface area (Å²) >= 11 is 0. The zero-order chi connectivity index (χ0) is 12.5. The van der Waals surface area contributed by atoms with E-state index in [0.717, 1.165) is 18.9 Å². The van der Waals surface area contributed by atoms with Crippen molar-refractivity contribution in [3.05, 3.63) is 0 Å². The summed E-state index contributed by atoms with van der Waals surface area (Å²) in [5.74, 6) is 2.26. The van der Waals surface area contributed by atoms with Crippen molar-refractivity contribution in [1.29, 1.82) is 0 Å². The molecule has 6 unspecified atom stereocenters. The summed E-state index contributed by atoms with van der Waals surface area (Å²) in [6.07, 6.45) is 4.72. The first-order valence-corrected chi connectivity index (χ1v) is 7.38. The number of fused-ring (bicyclic) bond motifs is 1. The number of carbonyl (C=O) groups excluding carboxylic acids is 1. The number of hydrogen-bond donors (Lipinski definition) is 0. The molecule has 0 N–H and O–H groups in total. The van der Waals surface area contributed by atoms with Crippen LogP contribution in [0.2, 0.25) is 0 Å². The van der Waals surface area contributed by atoms with E-state index in [4.69, 9.17) is 9.47 Å². The smallest absolute Gasteiger partial charge is 0.154 e. The van der Waals surface area contributed by atoms with E-state index < -0.39 is 0 Å². The maximum absolute atomic E-state index is 12.0. The molecule has 1 spiro atoms. The third-order valence-electron chi connectivity index (χ3n) is 6.29. The minimum atomic E-state index is -0.107. The molecule has 0 aliphatic heterocycles. The number of carbonyl (C=O) groups is 1. The zero-order valence-corrected chi connectivity index (χ0v) is 11.3. The van der Waals surface area contributed by atoms with E-state index in [1.165, 1.54) is 19.3 Å². The van der Waals surface area contributed by atoms with Crippen LogP contribution in [0.25, 0.3) is 0 Å². The molecule has 0 heterocycles. The molecule has 0 aromatic heterocycles. The molecule has 0 saturated heterocycles. The molecular weight excluding hydrogens is 228 g/mol. The number of hydrogen-bond acceptors (Lipinski definition) is 3. The van der Waals surface area contributed by atoms with Crippen molar-refractivity contribution in [2.24, 2.45) is 28.6 Å². The largest absolute Gasteiger partial charge is 0.353 e. The van der Waals surface area contributed by atoms with Gasteiger partial charge in [0.05, 0.1) is 6.61 Å². The van der Waals surface area contributed by atoms with Crippen LogP contribution >= 0.6 is 0 Å². The molecule has 100 valence electrons. The molecule has 6 atom stereocenters. The van der Waals surface area contributed by atoms with Crippen molar-refractivity contribution >= 4 is 5.78 Å². The van der Waals surface area contributed by atoms with E-state index in [1.54, 1.807) is 0 Å². The van der Waals surface area contributed by atoms with Gasteiger partial charge in [-0.2, -0.15) is 0 Å². The highest BCUT2D eigenvalue weighted by atomic mass is 16.7. The number of rotatable bonds is 5. The highest BCUT2D eigenvalue weighted by molar-refractivity contribution is 5.94. The van der Waals surface area contributed by atoms with Crippen LogP contribution in [0.1, 0.15) is 39.5 Å². The normalized spacial score (nSPS) is 52.8. The Morgan fingerprint density at radius 1 is 1.33 bits per heavy atom. The second kappa shape index (κ2) is 3.37. The van der Waals surface area contributed by atoms with Crippen molar-refractivity contribution in [3.8, 4) is 0 Å². The Balaban J connectivity index is 1.45. The molecule has 0 aromatic carbocycles. The number of ether oxygens (including phenoxy) is 2. The predicted octanol–water partition coefficient (Wildman–Crippen LogP) is 2.39. The highest BCUT2D eigenvalue weighted by Crippen LogP contribution is 2.83. The molecule has 4 aliphatic carbocycles. The summed E-state index contributed by atoms with van der Waals surface area (Å²) in [7, 11) is 0. The highest BCUT2D eigenvalue weighted by Gasteiger charge is 2.81. The maximum Gasteiger partial charge on any atom is 0.154 e. The molecule has 3 heteroatoms. The van der Waals surface area contributed by atoms with Gasteiger partial charge in [0.25, 0.3) is 0 Å². The van der Waals surface area contributed by atoms with Gasteiger partial charge in [-0.1, -0.05) is 0 Å². The van der Waals surface area contributed by atoms with Crippen molar-refractivity contribution in [3.63, 3.8) is 0 Å². The van der Waals surface area contributed by atoms with Crippen molar-refractivity contribution in [2.75, 3.05) is 13.2 Å². The Kier molecular flexibility index (Phi) is 2.14. The minimum Gasteiger partial charge on any atom is -0.353 e. The average Bonchev–Trinajstić information content (AvgIpc) is 2.80. The molecular formula is C15H22O3. The first kappa shape index (κ1) is 11.4. The van der Waals surface area contributed by atoms with E-state index in [1.807, 2.05) is 13.8 Å². The summed E-state index contributed by atoms with van der Waals surface area (Å²) in [5.41, 5.74) is 0.761. The fourth-order valence-corrected chi connectivity index (χ4v) is 5.70. The van der Waals surface area contributed by atoms with Crippen molar-refractivity contribution in [2.45, 2.75) is 45.8 Å². The summed E-state index contributed by atoms with van der Waals surface area (Å²) in [4.78, 5) is 12.0. The van der Waals surface area contributed by atoms with Crippen LogP contribution in [-0.4, -0.2) is 25.3 Å². The van der Waals surface area contributed by atoms with Gasteiger partial charge >= 0.3 is 0 Å². The van der Waals surface area contributed by atoms with Crippen LogP contribution in [0.4, 0.5) is 0 Å². The topological polar surface area (TPSA) is 35.5 Å². The third kappa shape index (κ3) is 1.11. The lowest BCUT2D eigenvalue weighted by atomic mass is 9.38. The molecule has 0 radical (unpaired) electrons. The minimum absolute atomic E-state index is 0.107. The standard InChI is InChI=1S/C15H22O3/c1-3-17-9(2)18-8-14-5-10-4-11-13(16)12(6-14)15(10,11)7-14/h9-12H,3-8H2,1-2H3. The molecule has 4 fully saturated rings. The summed E-state index contributed by atoms with van der Waals surface area (Å²) < 4.78 is 11.3. The Morgan fingerprint density at radius 2 is 2.17 bits per heavy atom. The molecule has 0 aromatic rings. The molecule has 4 aliphatic rings. The van der Waals surface area contributed by atoms with Gasteiger partial charge in [0, 0.05) is 18.4 Å². The van der Waals surface area contributed by atoms with Gasteiger partial charge in [-0.3, -0.25) is 4.79 Å². The lowest BCUT2D eigenvalue weighted by molar-refractivity contribution is -0.191. The van der Waals surface area contributed by atoms with E-state index in [9.17, 15) is 4.79 Å². The van der Waals surface area contributed by atoms with Gasteiger partial charge in [0.1, 0.15) is 5.78 Å². The molecule has 3 nitrogen and oxygen atoms in total. The van der Waals surface area contributed by atoms with Crippen LogP contribution in [0, 0.1) is 28.6 Å². The zero-order valence-electron chi connectivity index (χ0n) is 11.3. The molecule has 4 rings (SSSR count). The summed E-state index contributed by atoms with van der Waals surface area (Å²) in [6.45, 7) is 5.46. The molecule has 0 amide bonds.